The molecule has 8 heteroatoms. The minimum absolute atomic E-state index is 0.134. The first-order valence-electron chi connectivity index (χ1n) is 11.5. The van der Waals surface area contributed by atoms with E-state index < -0.39 is 17.6 Å². The monoisotopic (exact) mass is 501 g/mol. The SMILES string of the molecule is N#CCCNC(=O)/C(=C/c1ccc(C(F)(F)F)cc1)c1ccc(OCc2ccc3ccccc3n2)cc1. The van der Waals surface area contributed by atoms with Crippen LogP contribution >= 0.6 is 0 Å². The molecule has 3 aromatic carbocycles. The van der Waals surface area contributed by atoms with Gasteiger partial charge in [-0.1, -0.05) is 48.5 Å². The van der Waals surface area contributed by atoms with Crippen LogP contribution in [0.4, 0.5) is 13.2 Å². The number of fused-ring (bicyclic) bond motifs is 1. The maximum Gasteiger partial charge on any atom is 0.416 e. The fourth-order valence-electron chi connectivity index (χ4n) is 3.62. The van der Waals surface area contributed by atoms with Crippen LogP contribution in [0.5, 0.6) is 5.75 Å². The number of hydrogen-bond acceptors (Lipinski definition) is 4. The maximum absolute atomic E-state index is 12.9. The molecule has 4 aromatic rings. The maximum atomic E-state index is 12.9. The Bertz CT molecular complexity index is 1460. The second-order valence-electron chi connectivity index (χ2n) is 8.15. The highest BCUT2D eigenvalue weighted by Crippen LogP contribution is 2.30. The molecule has 186 valence electrons. The van der Waals surface area contributed by atoms with E-state index in [0.29, 0.717) is 16.9 Å². The van der Waals surface area contributed by atoms with Gasteiger partial charge >= 0.3 is 6.18 Å². The molecule has 0 aliphatic carbocycles. The van der Waals surface area contributed by atoms with E-state index in [2.05, 4.69) is 10.3 Å². The molecule has 0 fully saturated rings. The van der Waals surface area contributed by atoms with Crippen LogP contribution in [0.15, 0.2) is 84.9 Å². The molecule has 0 aliphatic heterocycles. The van der Waals surface area contributed by atoms with Gasteiger partial charge < -0.3 is 10.1 Å². The zero-order chi connectivity index (χ0) is 26.3. The van der Waals surface area contributed by atoms with Crippen LogP contribution in [0.1, 0.15) is 28.8 Å². The van der Waals surface area contributed by atoms with Gasteiger partial charge in [0.15, 0.2) is 0 Å². The molecule has 0 unspecified atom stereocenters. The van der Waals surface area contributed by atoms with Gasteiger partial charge in [-0.25, -0.2) is 4.98 Å². The number of pyridine rings is 1. The van der Waals surface area contributed by atoms with Crippen LogP contribution in [0, 0.1) is 11.3 Å². The summed E-state index contributed by atoms with van der Waals surface area (Å²) in [6.07, 6.45) is -2.80. The molecular formula is C29H22F3N3O2. The van der Waals surface area contributed by atoms with E-state index in [1.54, 1.807) is 24.3 Å². The number of para-hydroxylation sites is 1. The summed E-state index contributed by atoms with van der Waals surface area (Å²) in [5.41, 5.74) is 2.10. The lowest BCUT2D eigenvalue weighted by Gasteiger charge is -2.11. The van der Waals surface area contributed by atoms with Crippen LogP contribution in [-0.4, -0.2) is 17.4 Å². The molecule has 0 bridgehead atoms. The van der Waals surface area contributed by atoms with E-state index in [9.17, 15) is 18.0 Å². The second kappa shape index (κ2) is 11.4. The molecule has 0 spiro atoms. The van der Waals surface area contributed by atoms with Gasteiger partial charge in [-0.15, -0.1) is 0 Å². The zero-order valence-electron chi connectivity index (χ0n) is 19.6. The van der Waals surface area contributed by atoms with Crippen molar-refractivity contribution in [3.05, 3.63) is 107 Å². The summed E-state index contributed by atoms with van der Waals surface area (Å²) in [6, 6.07) is 25.0. The van der Waals surface area contributed by atoms with E-state index in [-0.39, 0.29) is 25.1 Å². The molecule has 0 saturated heterocycles. The number of alkyl halides is 3. The van der Waals surface area contributed by atoms with Gasteiger partial charge in [0.2, 0.25) is 0 Å². The molecule has 1 amide bonds. The summed E-state index contributed by atoms with van der Waals surface area (Å²) >= 11 is 0. The van der Waals surface area contributed by atoms with Crippen molar-refractivity contribution in [2.75, 3.05) is 6.54 Å². The average Bonchev–Trinajstić information content (AvgIpc) is 2.90. The fourth-order valence-corrected chi connectivity index (χ4v) is 3.62. The molecule has 0 radical (unpaired) electrons. The molecular weight excluding hydrogens is 479 g/mol. The highest BCUT2D eigenvalue weighted by molar-refractivity contribution is 6.24. The number of nitrogens with one attached hydrogen (secondary N) is 1. The smallest absolute Gasteiger partial charge is 0.416 e. The number of aromatic nitrogens is 1. The Labute approximate surface area is 211 Å². The second-order valence-corrected chi connectivity index (χ2v) is 8.15. The molecule has 5 nitrogen and oxygen atoms in total. The summed E-state index contributed by atoms with van der Waals surface area (Å²) < 4.78 is 44.6. The van der Waals surface area contributed by atoms with E-state index in [4.69, 9.17) is 10.00 Å². The third kappa shape index (κ3) is 6.73. The number of rotatable bonds is 8. The zero-order valence-corrected chi connectivity index (χ0v) is 19.6. The number of amides is 1. The highest BCUT2D eigenvalue weighted by atomic mass is 19.4. The van der Waals surface area contributed by atoms with Gasteiger partial charge in [0, 0.05) is 17.5 Å². The Morgan fingerprint density at radius 2 is 1.70 bits per heavy atom. The summed E-state index contributed by atoms with van der Waals surface area (Å²) in [7, 11) is 0. The van der Waals surface area contributed by atoms with Gasteiger partial charge in [0.25, 0.3) is 5.91 Å². The van der Waals surface area contributed by atoms with Crippen molar-refractivity contribution in [1.82, 2.24) is 10.3 Å². The quantitative estimate of drug-likeness (QED) is 0.172. The van der Waals surface area contributed by atoms with E-state index in [1.165, 1.54) is 18.2 Å². The van der Waals surface area contributed by atoms with E-state index >= 15 is 0 Å². The van der Waals surface area contributed by atoms with Gasteiger partial charge in [0.1, 0.15) is 12.4 Å². The summed E-state index contributed by atoms with van der Waals surface area (Å²) in [4.78, 5) is 17.4. The molecule has 37 heavy (non-hydrogen) atoms. The summed E-state index contributed by atoms with van der Waals surface area (Å²) in [5.74, 6) is 0.127. The van der Waals surface area contributed by atoms with Gasteiger partial charge in [0.05, 0.1) is 29.3 Å². The van der Waals surface area contributed by atoms with Crippen LogP contribution in [0.25, 0.3) is 22.6 Å². The van der Waals surface area contributed by atoms with Crippen LogP contribution < -0.4 is 10.1 Å². The predicted octanol–water partition coefficient (Wildman–Crippen LogP) is 6.40. The number of ether oxygens (including phenoxy) is 1. The first-order valence-corrected chi connectivity index (χ1v) is 11.5. The molecule has 0 aliphatic rings. The Balaban J connectivity index is 1.52. The standard InChI is InChI=1S/C29H22F3N3O2/c30-29(31,32)23-11-6-20(7-12-23)18-26(28(36)34-17-3-16-33)21-9-14-25(15-10-21)37-19-24-13-8-22-4-1-2-5-27(22)35-24/h1-2,4-15,18H,3,17,19H2,(H,34,36)/b26-18+. The first kappa shape index (κ1) is 25.5. The number of hydrogen-bond donors (Lipinski definition) is 1. The number of benzene rings is 3. The lowest BCUT2D eigenvalue weighted by molar-refractivity contribution is -0.137. The van der Waals surface area contributed by atoms with Crippen molar-refractivity contribution >= 4 is 28.5 Å². The Hall–Kier alpha value is -4.64. The molecule has 1 heterocycles. The number of carbonyl (C=O) groups is 1. The van der Waals surface area contributed by atoms with Crippen LogP contribution in [0.3, 0.4) is 0 Å². The molecule has 1 N–H and O–H groups in total. The lowest BCUT2D eigenvalue weighted by Crippen LogP contribution is -2.25. The number of carbonyl (C=O) groups excluding carboxylic acids is 1. The van der Waals surface area contributed by atoms with E-state index in [1.807, 2.05) is 42.5 Å². The molecule has 1 aromatic heterocycles. The summed E-state index contributed by atoms with van der Waals surface area (Å²) in [6.45, 7) is 0.409. The van der Waals surface area contributed by atoms with Gasteiger partial charge in [-0.3, -0.25) is 4.79 Å². The Morgan fingerprint density at radius 3 is 2.41 bits per heavy atom. The molecule has 0 atom stereocenters. The van der Waals surface area contributed by atoms with Crippen LogP contribution in [0.2, 0.25) is 0 Å². The van der Waals surface area contributed by atoms with Crippen molar-refractivity contribution in [1.29, 1.82) is 5.26 Å². The van der Waals surface area contributed by atoms with Crippen molar-refractivity contribution < 1.29 is 22.7 Å². The number of halogens is 3. The minimum Gasteiger partial charge on any atom is -0.487 e. The van der Waals surface area contributed by atoms with E-state index in [0.717, 1.165) is 28.7 Å². The first-order chi connectivity index (χ1) is 17.8. The normalized spacial score (nSPS) is 11.7. The Kier molecular flexibility index (Phi) is 7.84. The Morgan fingerprint density at radius 1 is 0.973 bits per heavy atom. The topological polar surface area (TPSA) is 75.0 Å². The van der Waals surface area contributed by atoms with Crippen molar-refractivity contribution in [3.63, 3.8) is 0 Å². The minimum atomic E-state index is -4.45. The van der Waals surface area contributed by atoms with Crippen molar-refractivity contribution in [3.8, 4) is 11.8 Å². The third-order valence-corrected chi connectivity index (χ3v) is 5.52. The lowest BCUT2D eigenvalue weighted by atomic mass is 10.0. The largest absolute Gasteiger partial charge is 0.487 e. The van der Waals surface area contributed by atoms with Crippen molar-refractivity contribution in [2.45, 2.75) is 19.2 Å². The van der Waals surface area contributed by atoms with Gasteiger partial charge in [-0.2, -0.15) is 18.4 Å². The average molecular weight is 502 g/mol. The highest BCUT2D eigenvalue weighted by Gasteiger charge is 2.29. The van der Waals surface area contributed by atoms with Crippen molar-refractivity contribution in [2.24, 2.45) is 0 Å². The predicted molar refractivity (Wildman–Crippen MR) is 135 cm³/mol. The fraction of sp³-hybridized carbons (Fsp3) is 0.138. The molecule has 0 saturated carbocycles. The van der Waals surface area contributed by atoms with Gasteiger partial charge in [-0.05, 0) is 53.6 Å². The van der Waals surface area contributed by atoms with Crippen LogP contribution in [-0.2, 0) is 17.6 Å². The third-order valence-electron chi connectivity index (χ3n) is 5.52. The molecule has 4 rings (SSSR count). The number of nitrogens with zero attached hydrogens (tertiary/aromatic N) is 2. The summed E-state index contributed by atoms with van der Waals surface area (Å²) in [5, 5.41) is 12.5. The number of nitriles is 1.